The Balaban J connectivity index is 2.18. The van der Waals surface area contributed by atoms with E-state index in [0.29, 0.717) is 19.6 Å². The normalized spacial score (nSPS) is 15.6. The summed E-state index contributed by atoms with van der Waals surface area (Å²) in [5.41, 5.74) is 7.44. The van der Waals surface area contributed by atoms with E-state index < -0.39 is 0 Å². The fourth-order valence-corrected chi connectivity index (χ4v) is 2.28. The van der Waals surface area contributed by atoms with Gasteiger partial charge in [0.15, 0.2) is 0 Å². The number of methoxy groups -OCH3 is 1. The molecule has 1 aliphatic rings. The first-order valence-corrected chi connectivity index (χ1v) is 6.96. The lowest BCUT2D eigenvalue weighted by Crippen LogP contribution is -2.48. The lowest BCUT2D eigenvalue weighted by molar-refractivity contribution is -0.134. The minimum absolute atomic E-state index is 0.152. The summed E-state index contributed by atoms with van der Waals surface area (Å²) in [4.78, 5) is 15.7. The maximum atomic E-state index is 11.8. The van der Waals surface area contributed by atoms with Crippen molar-refractivity contribution in [2.75, 3.05) is 40.3 Å². The monoisotopic (exact) mass is 287 g/mol. The van der Waals surface area contributed by atoms with Gasteiger partial charge in [0, 0.05) is 32.2 Å². The zero-order valence-electron chi connectivity index (χ0n) is 12.6. The Hall–Kier alpha value is -2.03. The maximum absolute atomic E-state index is 11.8. The van der Waals surface area contributed by atoms with Gasteiger partial charge in [-0.1, -0.05) is 11.8 Å². The van der Waals surface area contributed by atoms with Crippen LogP contribution >= 0.6 is 0 Å². The van der Waals surface area contributed by atoms with Crippen LogP contribution in [0.4, 0.5) is 0 Å². The zero-order valence-corrected chi connectivity index (χ0v) is 12.6. The molecule has 21 heavy (non-hydrogen) atoms. The van der Waals surface area contributed by atoms with E-state index in [1.54, 1.807) is 12.0 Å². The molecule has 0 spiro atoms. The molecule has 2 rings (SSSR count). The molecule has 0 aliphatic carbocycles. The molecule has 0 radical (unpaired) electrons. The van der Waals surface area contributed by atoms with Gasteiger partial charge < -0.3 is 15.4 Å². The number of likely N-dealkylation sites (N-methyl/N-ethyl adjacent to an activating group) is 1. The first-order valence-electron chi connectivity index (χ1n) is 6.96. The molecule has 0 bridgehead atoms. The first kappa shape index (κ1) is 15.4. The average Bonchev–Trinajstić information content (AvgIpc) is 2.49. The minimum atomic E-state index is 0.152. The molecule has 2 N–H and O–H groups in total. The van der Waals surface area contributed by atoms with E-state index in [9.17, 15) is 4.79 Å². The Bertz CT molecular complexity index is 575. The highest BCUT2D eigenvalue weighted by Gasteiger charge is 2.21. The van der Waals surface area contributed by atoms with E-state index in [1.165, 1.54) is 0 Å². The predicted molar refractivity (Wildman–Crippen MR) is 81.8 cm³/mol. The molecule has 1 saturated heterocycles. The molecule has 1 aromatic rings. The van der Waals surface area contributed by atoms with Crippen molar-refractivity contribution >= 4 is 5.91 Å². The van der Waals surface area contributed by atoms with Gasteiger partial charge in [-0.2, -0.15) is 0 Å². The number of rotatable bonds is 3. The van der Waals surface area contributed by atoms with Crippen LogP contribution in [-0.4, -0.2) is 56.0 Å². The third-order valence-electron chi connectivity index (χ3n) is 3.57. The number of hydrogen-bond acceptors (Lipinski definition) is 4. The highest BCUT2D eigenvalue weighted by Crippen LogP contribution is 2.19. The zero-order chi connectivity index (χ0) is 15.2. The Kier molecular flexibility index (Phi) is 5.20. The summed E-state index contributed by atoms with van der Waals surface area (Å²) in [6, 6.07) is 5.80. The van der Waals surface area contributed by atoms with Gasteiger partial charge in [0.25, 0.3) is 0 Å². The van der Waals surface area contributed by atoms with Crippen LogP contribution in [0.15, 0.2) is 18.2 Å². The van der Waals surface area contributed by atoms with Crippen molar-refractivity contribution in [2.45, 2.75) is 6.54 Å². The second kappa shape index (κ2) is 7.11. The number of piperazine rings is 1. The molecule has 5 nitrogen and oxygen atoms in total. The van der Waals surface area contributed by atoms with Gasteiger partial charge in [-0.25, -0.2) is 0 Å². The molecule has 0 saturated carbocycles. The summed E-state index contributed by atoms with van der Waals surface area (Å²) < 4.78 is 5.28. The minimum Gasteiger partial charge on any atom is -0.497 e. The fraction of sp³-hybridized carbons (Fsp3) is 0.438. The molecular weight excluding hydrogens is 266 g/mol. The average molecular weight is 287 g/mol. The molecular formula is C16H21N3O2. The van der Waals surface area contributed by atoms with E-state index in [-0.39, 0.29) is 5.91 Å². The van der Waals surface area contributed by atoms with Crippen molar-refractivity contribution in [2.24, 2.45) is 5.73 Å². The van der Waals surface area contributed by atoms with Gasteiger partial charge in [0.05, 0.1) is 20.2 Å². The van der Waals surface area contributed by atoms with Gasteiger partial charge in [-0.15, -0.1) is 0 Å². The lowest BCUT2D eigenvalue weighted by atomic mass is 10.1. The molecule has 1 fully saturated rings. The lowest BCUT2D eigenvalue weighted by Gasteiger charge is -2.32. The molecule has 0 aromatic heterocycles. The number of ether oxygens (including phenoxy) is 1. The van der Waals surface area contributed by atoms with Crippen LogP contribution in [0, 0.1) is 11.8 Å². The highest BCUT2D eigenvalue weighted by molar-refractivity contribution is 5.78. The van der Waals surface area contributed by atoms with Crippen LogP contribution in [0.25, 0.3) is 0 Å². The summed E-state index contributed by atoms with van der Waals surface area (Å²) in [5.74, 6) is 6.91. The molecule has 112 valence electrons. The van der Waals surface area contributed by atoms with Gasteiger partial charge in [-0.3, -0.25) is 9.69 Å². The third-order valence-corrected chi connectivity index (χ3v) is 3.57. The van der Waals surface area contributed by atoms with Crippen molar-refractivity contribution < 1.29 is 9.53 Å². The molecule has 0 atom stereocenters. The molecule has 1 heterocycles. The SMILES string of the molecule is COc1ccc(C#CCN)c(CN2CCN(C)C(=O)C2)c1. The van der Waals surface area contributed by atoms with Crippen LogP contribution < -0.4 is 10.5 Å². The van der Waals surface area contributed by atoms with E-state index in [1.807, 2.05) is 25.2 Å². The van der Waals surface area contributed by atoms with Crippen molar-refractivity contribution in [3.63, 3.8) is 0 Å². The van der Waals surface area contributed by atoms with Crippen LogP contribution in [0.5, 0.6) is 5.75 Å². The molecule has 1 amide bonds. The molecule has 5 heteroatoms. The maximum Gasteiger partial charge on any atom is 0.236 e. The summed E-state index contributed by atoms with van der Waals surface area (Å²) in [6.07, 6.45) is 0. The Morgan fingerprint density at radius 3 is 2.86 bits per heavy atom. The first-order chi connectivity index (χ1) is 10.1. The Morgan fingerprint density at radius 1 is 1.38 bits per heavy atom. The molecule has 0 unspecified atom stereocenters. The van der Waals surface area contributed by atoms with E-state index in [0.717, 1.165) is 30.0 Å². The number of hydrogen-bond donors (Lipinski definition) is 1. The summed E-state index contributed by atoms with van der Waals surface area (Å²) in [6.45, 7) is 3.08. The summed E-state index contributed by atoms with van der Waals surface area (Å²) in [5, 5.41) is 0. The number of carbonyl (C=O) groups excluding carboxylic acids is 1. The second-order valence-corrected chi connectivity index (χ2v) is 5.05. The Morgan fingerprint density at radius 2 is 2.19 bits per heavy atom. The van der Waals surface area contributed by atoms with E-state index in [2.05, 4.69) is 16.7 Å². The van der Waals surface area contributed by atoms with E-state index >= 15 is 0 Å². The van der Waals surface area contributed by atoms with Crippen LogP contribution in [0.3, 0.4) is 0 Å². The Labute approximate surface area is 125 Å². The second-order valence-electron chi connectivity index (χ2n) is 5.05. The molecule has 1 aromatic carbocycles. The smallest absolute Gasteiger partial charge is 0.236 e. The standard InChI is InChI=1S/C16H21N3O2/c1-18-8-9-19(12-16(18)20)11-14-10-15(21-2)6-5-13(14)4-3-7-17/h5-6,10H,7-9,11-12,17H2,1-2H3. The van der Waals surface area contributed by atoms with Crippen molar-refractivity contribution in [1.82, 2.24) is 9.80 Å². The molecule has 1 aliphatic heterocycles. The van der Waals surface area contributed by atoms with Gasteiger partial charge in [-0.05, 0) is 23.8 Å². The number of carbonyl (C=O) groups is 1. The van der Waals surface area contributed by atoms with Crippen molar-refractivity contribution in [3.05, 3.63) is 29.3 Å². The van der Waals surface area contributed by atoms with Crippen molar-refractivity contribution in [3.8, 4) is 17.6 Å². The van der Waals surface area contributed by atoms with Crippen LogP contribution in [0.2, 0.25) is 0 Å². The summed E-state index contributed by atoms with van der Waals surface area (Å²) >= 11 is 0. The number of benzene rings is 1. The van der Waals surface area contributed by atoms with E-state index in [4.69, 9.17) is 10.5 Å². The quantitative estimate of drug-likeness (QED) is 0.811. The predicted octanol–water partition coefficient (Wildman–Crippen LogP) is 0.279. The fourth-order valence-electron chi connectivity index (χ4n) is 2.28. The van der Waals surface area contributed by atoms with Crippen LogP contribution in [-0.2, 0) is 11.3 Å². The highest BCUT2D eigenvalue weighted by atomic mass is 16.5. The number of amides is 1. The topological polar surface area (TPSA) is 58.8 Å². The summed E-state index contributed by atoms with van der Waals surface area (Å²) in [7, 11) is 3.48. The van der Waals surface area contributed by atoms with Gasteiger partial charge in [0.2, 0.25) is 5.91 Å². The number of nitrogens with two attached hydrogens (primary N) is 1. The van der Waals surface area contributed by atoms with Gasteiger partial charge >= 0.3 is 0 Å². The van der Waals surface area contributed by atoms with Crippen molar-refractivity contribution in [1.29, 1.82) is 0 Å². The van der Waals surface area contributed by atoms with Gasteiger partial charge in [0.1, 0.15) is 5.75 Å². The largest absolute Gasteiger partial charge is 0.497 e. The number of nitrogens with zero attached hydrogens (tertiary/aromatic N) is 2. The third kappa shape index (κ3) is 3.97. The van der Waals surface area contributed by atoms with Crippen LogP contribution in [0.1, 0.15) is 11.1 Å².